The van der Waals surface area contributed by atoms with E-state index in [-0.39, 0.29) is 22.2 Å². The third-order valence-corrected chi connectivity index (χ3v) is 5.14. The highest BCUT2D eigenvalue weighted by Crippen LogP contribution is 2.34. The van der Waals surface area contributed by atoms with E-state index in [1.54, 1.807) is 18.2 Å². The van der Waals surface area contributed by atoms with Crippen LogP contribution in [-0.2, 0) is 16.7 Å². The molecule has 0 aliphatic carbocycles. The molecule has 0 heterocycles. The molecule has 2 aromatic carbocycles. The predicted molar refractivity (Wildman–Crippen MR) is 109 cm³/mol. The van der Waals surface area contributed by atoms with Gasteiger partial charge in [0.2, 0.25) is 5.91 Å². The van der Waals surface area contributed by atoms with Crippen molar-refractivity contribution in [2.24, 2.45) is 0 Å². The zero-order valence-corrected chi connectivity index (χ0v) is 17.3. The van der Waals surface area contributed by atoms with Crippen molar-refractivity contribution in [2.45, 2.75) is 25.8 Å². The summed E-state index contributed by atoms with van der Waals surface area (Å²) in [5, 5.41) is 2.42. The Bertz CT molecular complexity index is 903. The second kappa shape index (κ2) is 10.0. The zero-order chi connectivity index (χ0) is 21.6. The number of rotatable bonds is 8. The molecule has 0 fully saturated rings. The molecule has 1 amide bonds. The molecule has 0 atom stereocenters. The van der Waals surface area contributed by atoms with Crippen molar-refractivity contribution in [2.75, 3.05) is 17.7 Å². The standard InChI is InChI=1S/C20H19ClF3NO3S/c1-3-28-18-7-4-13(12(2)26)8-14(18)10-29-11-19(27)25-17-9-15(20(22,23)24)5-6-16(17)21/h4-9H,3,10-11H2,1-2H3,(H,25,27). The third kappa shape index (κ3) is 6.68. The van der Waals surface area contributed by atoms with Crippen LogP contribution in [0.2, 0.25) is 5.02 Å². The summed E-state index contributed by atoms with van der Waals surface area (Å²) in [4.78, 5) is 23.7. The Morgan fingerprint density at radius 3 is 2.52 bits per heavy atom. The average Bonchev–Trinajstić information content (AvgIpc) is 2.64. The number of ketones is 1. The van der Waals surface area contributed by atoms with Crippen LogP contribution in [0, 0.1) is 0 Å². The lowest BCUT2D eigenvalue weighted by molar-refractivity contribution is -0.137. The number of thioether (sulfide) groups is 1. The first-order valence-electron chi connectivity index (χ1n) is 8.62. The SMILES string of the molecule is CCOc1ccc(C(C)=O)cc1CSCC(=O)Nc1cc(C(F)(F)F)ccc1Cl. The van der Waals surface area contributed by atoms with E-state index in [1.807, 2.05) is 6.92 Å². The molecule has 0 spiro atoms. The summed E-state index contributed by atoms with van der Waals surface area (Å²) in [7, 11) is 0. The Hall–Kier alpha value is -2.19. The molecule has 0 aliphatic rings. The van der Waals surface area contributed by atoms with Crippen molar-refractivity contribution in [1.82, 2.24) is 0 Å². The summed E-state index contributed by atoms with van der Waals surface area (Å²) in [5.41, 5.74) is 0.298. The highest BCUT2D eigenvalue weighted by Gasteiger charge is 2.31. The molecule has 2 aromatic rings. The van der Waals surface area contributed by atoms with Crippen LogP contribution < -0.4 is 10.1 Å². The molecule has 9 heteroatoms. The summed E-state index contributed by atoms with van der Waals surface area (Å²) in [6, 6.07) is 7.83. The number of halogens is 4. The number of alkyl halides is 3. The largest absolute Gasteiger partial charge is 0.494 e. The van der Waals surface area contributed by atoms with Gasteiger partial charge >= 0.3 is 6.18 Å². The fraction of sp³-hybridized carbons (Fsp3) is 0.300. The summed E-state index contributed by atoms with van der Waals surface area (Å²) in [5.74, 6) is 0.419. The zero-order valence-electron chi connectivity index (χ0n) is 15.7. The maximum atomic E-state index is 12.8. The molecule has 1 N–H and O–H groups in total. The number of nitrogens with one attached hydrogen (secondary N) is 1. The Balaban J connectivity index is 2.02. The van der Waals surface area contributed by atoms with Gasteiger partial charge in [-0.3, -0.25) is 9.59 Å². The molecule has 0 unspecified atom stereocenters. The fourth-order valence-corrected chi connectivity index (χ4v) is 3.41. The smallest absolute Gasteiger partial charge is 0.416 e. The number of amides is 1. The molecule has 0 aliphatic heterocycles. The Morgan fingerprint density at radius 1 is 1.17 bits per heavy atom. The van der Waals surface area contributed by atoms with Crippen molar-refractivity contribution < 1.29 is 27.5 Å². The topological polar surface area (TPSA) is 55.4 Å². The molecule has 0 aromatic heterocycles. The monoisotopic (exact) mass is 445 g/mol. The van der Waals surface area contributed by atoms with E-state index in [1.165, 1.54) is 18.7 Å². The van der Waals surface area contributed by atoms with Crippen molar-refractivity contribution >= 4 is 40.7 Å². The van der Waals surface area contributed by atoms with Gasteiger partial charge in [-0.2, -0.15) is 13.2 Å². The fourth-order valence-electron chi connectivity index (χ4n) is 2.44. The lowest BCUT2D eigenvalue weighted by atomic mass is 10.1. The van der Waals surface area contributed by atoms with E-state index in [9.17, 15) is 22.8 Å². The van der Waals surface area contributed by atoms with Crippen LogP contribution in [-0.4, -0.2) is 24.1 Å². The van der Waals surface area contributed by atoms with Crippen molar-refractivity contribution in [1.29, 1.82) is 0 Å². The first-order valence-corrected chi connectivity index (χ1v) is 10.2. The summed E-state index contributed by atoms with van der Waals surface area (Å²) in [6.45, 7) is 3.74. The van der Waals surface area contributed by atoms with Crippen LogP contribution in [0.5, 0.6) is 5.75 Å². The van der Waals surface area contributed by atoms with Gasteiger partial charge in [-0.1, -0.05) is 11.6 Å². The van der Waals surface area contributed by atoms with Gasteiger partial charge in [-0.05, 0) is 50.2 Å². The molecule has 4 nitrogen and oxygen atoms in total. The Morgan fingerprint density at radius 2 is 1.90 bits per heavy atom. The van der Waals surface area contributed by atoms with Crippen molar-refractivity contribution in [3.63, 3.8) is 0 Å². The quantitative estimate of drug-likeness (QED) is 0.519. The molecule has 29 heavy (non-hydrogen) atoms. The normalized spacial score (nSPS) is 11.2. The van der Waals surface area contributed by atoms with Gasteiger partial charge in [0.15, 0.2) is 5.78 Å². The van der Waals surface area contributed by atoms with Gasteiger partial charge in [0.25, 0.3) is 0 Å². The van der Waals surface area contributed by atoms with Gasteiger partial charge in [0.1, 0.15) is 5.75 Å². The van der Waals surface area contributed by atoms with E-state index in [0.29, 0.717) is 23.7 Å². The number of ether oxygens (including phenoxy) is 1. The van der Waals surface area contributed by atoms with E-state index in [4.69, 9.17) is 16.3 Å². The van der Waals surface area contributed by atoms with Gasteiger partial charge in [-0.15, -0.1) is 11.8 Å². The Labute approximate surface area is 175 Å². The minimum absolute atomic E-state index is 0.0115. The van der Waals surface area contributed by atoms with Crippen LogP contribution in [0.3, 0.4) is 0 Å². The molecular weight excluding hydrogens is 427 g/mol. The maximum Gasteiger partial charge on any atom is 0.416 e. The van der Waals surface area contributed by atoms with E-state index in [2.05, 4.69) is 5.32 Å². The second-order valence-electron chi connectivity index (χ2n) is 6.05. The second-order valence-corrected chi connectivity index (χ2v) is 7.44. The molecule has 0 saturated carbocycles. The molecule has 156 valence electrons. The van der Waals surface area contributed by atoms with Crippen LogP contribution in [0.1, 0.15) is 35.3 Å². The first kappa shape index (κ1) is 23.1. The minimum atomic E-state index is -4.53. The van der Waals surface area contributed by atoms with Crippen LogP contribution in [0.25, 0.3) is 0 Å². The number of hydrogen-bond donors (Lipinski definition) is 1. The van der Waals surface area contributed by atoms with E-state index < -0.39 is 17.6 Å². The first-order chi connectivity index (χ1) is 13.6. The molecule has 0 bridgehead atoms. The number of carbonyl (C=O) groups excluding carboxylic acids is 2. The number of benzene rings is 2. The van der Waals surface area contributed by atoms with Gasteiger partial charge in [-0.25, -0.2) is 0 Å². The van der Waals surface area contributed by atoms with E-state index in [0.717, 1.165) is 23.8 Å². The number of anilines is 1. The van der Waals surface area contributed by atoms with Crippen molar-refractivity contribution in [3.05, 3.63) is 58.1 Å². The van der Waals surface area contributed by atoms with Crippen molar-refractivity contribution in [3.8, 4) is 5.75 Å². The summed E-state index contributed by atoms with van der Waals surface area (Å²) >= 11 is 7.13. The van der Waals surface area contributed by atoms with Gasteiger partial charge in [0, 0.05) is 16.9 Å². The lowest BCUT2D eigenvalue weighted by Crippen LogP contribution is -2.15. The highest BCUT2D eigenvalue weighted by atomic mass is 35.5. The van der Waals surface area contributed by atoms with Crippen LogP contribution >= 0.6 is 23.4 Å². The lowest BCUT2D eigenvalue weighted by Gasteiger charge is -2.13. The van der Waals surface area contributed by atoms with E-state index >= 15 is 0 Å². The van der Waals surface area contributed by atoms with Gasteiger partial charge in [0.05, 0.1) is 28.6 Å². The minimum Gasteiger partial charge on any atom is -0.494 e. The Kier molecular flexibility index (Phi) is 7.98. The summed E-state index contributed by atoms with van der Waals surface area (Å²) in [6.07, 6.45) is -4.53. The van der Waals surface area contributed by atoms with Crippen LogP contribution in [0.4, 0.5) is 18.9 Å². The van der Waals surface area contributed by atoms with Crippen LogP contribution in [0.15, 0.2) is 36.4 Å². The van der Waals surface area contributed by atoms with Gasteiger partial charge < -0.3 is 10.1 Å². The number of Topliss-reactive ketones (excluding diaryl/α,β-unsaturated/α-hetero) is 1. The highest BCUT2D eigenvalue weighted by molar-refractivity contribution is 7.99. The molecule has 2 rings (SSSR count). The maximum absolute atomic E-state index is 12.8. The average molecular weight is 446 g/mol. The number of hydrogen-bond acceptors (Lipinski definition) is 4. The third-order valence-electron chi connectivity index (χ3n) is 3.83. The summed E-state index contributed by atoms with van der Waals surface area (Å²) < 4.78 is 44.0. The molecule has 0 radical (unpaired) electrons. The number of carbonyl (C=O) groups is 2. The molecular formula is C20H19ClF3NO3S. The molecule has 0 saturated heterocycles. The predicted octanol–water partition coefficient (Wildman–Crippen LogP) is 5.83.